The van der Waals surface area contributed by atoms with Gasteiger partial charge in [0.2, 0.25) is 0 Å². The van der Waals surface area contributed by atoms with Crippen molar-refractivity contribution in [2.45, 2.75) is 27.7 Å². The number of piperazine rings is 1. The second kappa shape index (κ2) is 7.36. The van der Waals surface area contributed by atoms with E-state index in [9.17, 15) is 0 Å². The molecule has 0 spiro atoms. The first-order valence-corrected chi connectivity index (χ1v) is 9.30. The Balaban J connectivity index is 1.71. The third kappa shape index (κ3) is 3.52. The Labute approximate surface area is 157 Å². The van der Waals surface area contributed by atoms with E-state index in [-0.39, 0.29) is 0 Å². The number of rotatable bonds is 3. The van der Waals surface area contributed by atoms with Crippen LogP contribution in [0.2, 0.25) is 0 Å². The molecule has 0 aromatic heterocycles. The van der Waals surface area contributed by atoms with E-state index in [1.54, 1.807) is 0 Å². The van der Waals surface area contributed by atoms with Gasteiger partial charge in [-0.1, -0.05) is 36.4 Å². The number of nitrogens with zero attached hydrogens (tertiary/aromatic N) is 2. The predicted molar refractivity (Wildman–Crippen MR) is 112 cm³/mol. The van der Waals surface area contributed by atoms with Gasteiger partial charge in [-0.15, -0.1) is 0 Å². The van der Waals surface area contributed by atoms with E-state index in [2.05, 4.69) is 73.5 Å². The normalized spacial score (nSPS) is 14.5. The Morgan fingerprint density at radius 3 is 2.08 bits per heavy atom. The second-order valence-corrected chi connectivity index (χ2v) is 7.37. The maximum Gasteiger partial charge on any atom is 0.128 e. The number of benzene rings is 2. The van der Waals surface area contributed by atoms with Gasteiger partial charge in [0.25, 0.3) is 0 Å². The topological polar surface area (TPSA) is 30.3 Å². The molecular formula is C23H29N3. The Morgan fingerprint density at radius 2 is 1.54 bits per heavy atom. The van der Waals surface area contributed by atoms with Gasteiger partial charge in [0, 0.05) is 37.4 Å². The molecule has 3 rings (SSSR count). The molecular weight excluding hydrogens is 318 g/mol. The molecule has 0 amide bonds. The van der Waals surface area contributed by atoms with E-state index in [1.807, 2.05) is 6.92 Å². The molecule has 2 aromatic rings. The number of aryl methyl sites for hydroxylation is 3. The predicted octanol–water partition coefficient (Wildman–Crippen LogP) is 4.79. The molecule has 1 aliphatic heterocycles. The van der Waals surface area contributed by atoms with Gasteiger partial charge >= 0.3 is 0 Å². The smallest absolute Gasteiger partial charge is 0.128 e. The molecule has 0 radical (unpaired) electrons. The summed E-state index contributed by atoms with van der Waals surface area (Å²) in [7, 11) is 0. The quantitative estimate of drug-likeness (QED) is 0.639. The number of hydrogen-bond donors (Lipinski definition) is 1. The minimum atomic E-state index is 0.662. The molecule has 2 aromatic carbocycles. The molecule has 3 nitrogen and oxygen atoms in total. The minimum Gasteiger partial charge on any atom is -0.368 e. The van der Waals surface area contributed by atoms with Gasteiger partial charge in [0.15, 0.2) is 0 Å². The van der Waals surface area contributed by atoms with Crippen molar-refractivity contribution >= 4 is 17.1 Å². The first-order valence-electron chi connectivity index (χ1n) is 9.30. The van der Waals surface area contributed by atoms with Crippen molar-refractivity contribution in [3.8, 4) is 0 Å². The van der Waals surface area contributed by atoms with E-state index in [0.717, 1.165) is 37.3 Å². The lowest BCUT2D eigenvalue weighted by atomic mass is 10.0. The van der Waals surface area contributed by atoms with Crippen molar-refractivity contribution in [2.75, 3.05) is 31.1 Å². The lowest BCUT2D eigenvalue weighted by molar-refractivity contribution is 0.384. The first-order chi connectivity index (χ1) is 12.4. The van der Waals surface area contributed by atoms with Crippen LogP contribution >= 0.6 is 0 Å². The van der Waals surface area contributed by atoms with Crippen molar-refractivity contribution in [1.29, 1.82) is 5.41 Å². The zero-order chi connectivity index (χ0) is 18.8. The summed E-state index contributed by atoms with van der Waals surface area (Å²) in [6.07, 6.45) is 0. The summed E-state index contributed by atoms with van der Waals surface area (Å²) in [4.78, 5) is 4.65. The number of anilines is 1. The average molecular weight is 348 g/mol. The van der Waals surface area contributed by atoms with Crippen LogP contribution in [-0.4, -0.2) is 36.9 Å². The van der Waals surface area contributed by atoms with Gasteiger partial charge in [-0.25, -0.2) is 0 Å². The van der Waals surface area contributed by atoms with Crippen molar-refractivity contribution in [1.82, 2.24) is 4.90 Å². The van der Waals surface area contributed by atoms with E-state index >= 15 is 0 Å². The number of hydrogen-bond acceptors (Lipinski definition) is 2. The maximum absolute atomic E-state index is 8.69. The third-order valence-electron chi connectivity index (χ3n) is 5.34. The Bertz CT molecular complexity index is 822. The fourth-order valence-corrected chi connectivity index (χ4v) is 3.79. The van der Waals surface area contributed by atoms with E-state index in [0.29, 0.717) is 5.84 Å². The molecule has 0 aliphatic carbocycles. The summed E-state index contributed by atoms with van der Waals surface area (Å²) in [5, 5.41) is 8.69. The van der Waals surface area contributed by atoms with Crippen molar-refractivity contribution in [3.63, 3.8) is 0 Å². The van der Waals surface area contributed by atoms with Gasteiger partial charge in [-0.2, -0.15) is 0 Å². The lowest BCUT2D eigenvalue weighted by Gasteiger charge is -2.38. The van der Waals surface area contributed by atoms with E-state index in [4.69, 9.17) is 5.41 Å². The summed E-state index contributed by atoms with van der Waals surface area (Å²) in [5.41, 5.74) is 8.36. The average Bonchev–Trinajstić information content (AvgIpc) is 2.61. The Morgan fingerprint density at radius 1 is 0.923 bits per heavy atom. The van der Waals surface area contributed by atoms with Gasteiger partial charge in [0.1, 0.15) is 5.84 Å². The van der Waals surface area contributed by atoms with Crippen molar-refractivity contribution in [2.24, 2.45) is 0 Å². The van der Waals surface area contributed by atoms with Gasteiger partial charge < -0.3 is 9.80 Å². The van der Waals surface area contributed by atoms with Crippen LogP contribution < -0.4 is 4.90 Å². The van der Waals surface area contributed by atoms with E-state index < -0.39 is 0 Å². The fraction of sp³-hybridized carbons (Fsp3) is 0.348. The number of nitrogens with one attached hydrogen (secondary N) is 1. The van der Waals surface area contributed by atoms with Crippen LogP contribution in [-0.2, 0) is 0 Å². The molecule has 1 aliphatic rings. The molecule has 0 atom stereocenters. The maximum atomic E-state index is 8.69. The van der Waals surface area contributed by atoms with Crippen LogP contribution in [0.3, 0.4) is 0 Å². The highest BCUT2D eigenvalue weighted by molar-refractivity contribution is 5.99. The summed E-state index contributed by atoms with van der Waals surface area (Å²) in [6.45, 7) is 16.1. The van der Waals surface area contributed by atoms with Crippen LogP contribution in [0, 0.1) is 26.2 Å². The van der Waals surface area contributed by atoms with Crippen molar-refractivity contribution in [3.05, 3.63) is 70.8 Å². The van der Waals surface area contributed by atoms with Gasteiger partial charge in [0.05, 0.1) is 0 Å². The summed E-state index contributed by atoms with van der Waals surface area (Å²) in [6, 6.07) is 12.9. The Kier molecular flexibility index (Phi) is 5.17. The monoisotopic (exact) mass is 347 g/mol. The number of allylic oxidation sites excluding steroid dienone is 1. The van der Waals surface area contributed by atoms with Crippen LogP contribution in [0.1, 0.15) is 34.7 Å². The molecule has 136 valence electrons. The van der Waals surface area contributed by atoms with Crippen LogP contribution in [0.25, 0.3) is 5.57 Å². The fourth-order valence-electron chi connectivity index (χ4n) is 3.79. The molecule has 3 heteroatoms. The van der Waals surface area contributed by atoms with E-state index in [1.165, 1.54) is 27.9 Å². The molecule has 1 heterocycles. The van der Waals surface area contributed by atoms with Gasteiger partial charge in [-0.3, -0.25) is 5.41 Å². The molecule has 0 bridgehead atoms. The first kappa shape index (κ1) is 18.2. The Hall–Kier alpha value is -2.55. The van der Waals surface area contributed by atoms with Crippen LogP contribution in [0.4, 0.5) is 5.69 Å². The summed E-state index contributed by atoms with van der Waals surface area (Å²) < 4.78 is 0. The number of amidine groups is 1. The van der Waals surface area contributed by atoms with Crippen LogP contribution in [0.15, 0.2) is 43.0 Å². The highest BCUT2D eigenvalue weighted by Gasteiger charge is 2.22. The van der Waals surface area contributed by atoms with Gasteiger partial charge in [-0.05, 0) is 62.1 Å². The molecule has 1 N–H and O–H groups in total. The van der Waals surface area contributed by atoms with Crippen LogP contribution in [0.5, 0.6) is 0 Å². The highest BCUT2D eigenvalue weighted by atomic mass is 15.3. The van der Waals surface area contributed by atoms with Crippen molar-refractivity contribution < 1.29 is 0 Å². The molecule has 26 heavy (non-hydrogen) atoms. The summed E-state index contributed by atoms with van der Waals surface area (Å²) in [5.74, 6) is 0.662. The zero-order valence-corrected chi connectivity index (χ0v) is 16.4. The standard InChI is InChI=1S/C23H29N3/c1-16(2)20-9-10-21(19(5)15-20)25-11-13-26(14-12-25)23(24)22-17(3)7-6-8-18(22)4/h6-10,15,24H,1,11-14H2,2-5H3. The zero-order valence-electron chi connectivity index (χ0n) is 16.4. The molecule has 0 saturated carbocycles. The summed E-state index contributed by atoms with van der Waals surface area (Å²) >= 11 is 0. The molecule has 1 fully saturated rings. The highest BCUT2D eigenvalue weighted by Crippen LogP contribution is 2.26. The minimum absolute atomic E-state index is 0.662. The molecule has 1 saturated heterocycles. The largest absolute Gasteiger partial charge is 0.368 e. The second-order valence-electron chi connectivity index (χ2n) is 7.37. The molecule has 0 unspecified atom stereocenters. The lowest BCUT2D eigenvalue weighted by Crippen LogP contribution is -2.49. The third-order valence-corrected chi connectivity index (χ3v) is 5.34. The SMILES string of the molecule is C=C(C)c1ccc(N2CCN(C(=N)c3c(C)cccc3C)CC2)c(C)c1.